The number of nitrogens with zero attached hydrogens (tertiary/aromatic N) is 3. The Morgan fingerprint density at radius 1 is 1.27 bits per heavy atom. The van der Waals surface area contributed by atoms with Gasteiger partial charge in [-0.2, -0.15) is 15.0 Å². The number of rotatable bonds is 2. The van der Waals surface area contributed by atoms with Crippen LogP contribution in [0.3, 0.4) is 0 Å². The molecule has 0 bridgehead atoms. The molecule has 0 fully saturated rings. The first-order valence-corrected chi connectivity index (χ1v) is 4.12. The Bertz CT molecular complexity index is 493. The van der Waals surface area contributed by atoms with E-state index in [0.717, 1.165) is 4.80 Å². The van der Waals surface area contributed by atoms with Crippen LogP contribution in [0.1, 0.15) is 10.4 Å². The van der Waals surface area contributed by atoms with Gasteiger partial charge in [0.1, 0.15) is 17.0 Å². The molecule has 0 saturated heterocycles. The zero-order valence-corrected chi connectivity index (χ0v) is 7.53. The average Bonchev–Trinajstić information content (AvgIpc) is 2.69. The molecule has 0 aliphatic carbocycles. The van der Waals surface area contributed by atoms with Gasteiger partial charge in [-0.05, 0) is 12.1 Å². The minimum atomic E-state index is -1.22. The quantitative estimate of drug-likeness (QED) is 0.752. The minimum absolute atomic E-state index is 0.214. The highest BCUT2D eigenvalue weighted by Crippen LogP contribution is 2.22. The lowest BCUT2D eigenvalue weighted by molar-refractivity contribution is 0.0693. The number of carboxylic acids is 1. The lowest BCUT2D eigenvalue weighted by Crippen LogP contribution is -2.07. The summed E-state index contributed by atoms with van der Waals surface area (Å²) < 4.78 is 0. The van der Waals surface area contributed by atoms with Gasteiger partial charge < -0.3 is 10.2 Å². The molecule has 1 aromatic carbocycles. The van der Waals surface area contributed by atoms with Crippen LogP contribution in [-0.4, -0.2) is 31.2 Å². The smallest absolute Gasteiger partial charge is 0.341 e. The second-order valence-corrected chi connectivity index (χ2v) is 2.79. The van der Waals surface area contributed by atoms with Gasteiger partial charge in [0.05, 0.1) is 12.4 Å². The number of aromatic nitrogens is 3. The molecule has 15 heavy (non-hydrogen) atoms. The van der Waals surface area contributed by atoms with Crippen LogP contribution in [0.2, 0.25) is 0 Å². The Labute approximate surface area is 84.4 Å². The van der Waals surface area contributed by atoms with Crippen molar-refractivity contribution in [2.45, 2.75) is 0 Å². The van der Waals surface area contributed by atoms with Gasteiger partial charge in [0.15, 0.2) is 0 Å². The molecule has 76 valence electrons. The molecule has 0 unspecified atom stereocenters. The molecule has 0 saturated carbocycles. The highest BCUT2D eigenvalue weighted by Gasteiger charge is 2.16. The summed E-state index contributed by atoms with van der Waals surface area (Å²) in [5.41, 5.74) is 0.0150. The van der Waals surface area contributed by atoms with Gasteiger partial charge in [-0.1, -0.05) is 6.07 Å². The number of aromatic hydroxyl groups is 1. The fourth-order valence-corrected chi connectivity index (χ4v) is 1.25. The van der Waals surface area contributed by atoms with Gasteiger partial charge in [-0.3, -0.25) is 0 Å². The third kappa shape index (κ3) is 1.52. The van der Waals surface area contributed by atoms with E-state index in [4.69, 9.17) is 5.11 Å². The van der Waals surface area contributed by atoms with E-state index in [1.165, 1.54) is 30.6 Å². The maximum absolute atomic E-state index is 10.9. The van der Waals surface area contributed by atoms with Crippen molar-refractivity contribution >= 4 is 5.97 Å². The Morgan fingerprint density at radius 2 is 1.93 bits per heavy atom. The number of carbonyl (C=O) groups is 1. The molecular weight excluding hydrogens is 198 g/mol. The van der Waals surface area contributed by atoms with Gasteiger partial charge in [0.25, 0.3) is 0 Å². The topological polar surface area (TPSA) is 88.2 Å². The molecule has 1 heterocycles. The van der Waals surface area contributed by atoms with E-state index in [1.54, 1.807) is 0 Å². The molecule has 6 heteroatoms. The maximum atomic E-state index is 10.9. The van der Waals surface area contributed by atoms with Crippen LogP contribution in [0, 0.1) is 0 Å². The van der Waals surface area contributed by atoms with E-state index in [1.807, 2.05) is 0 Å². The molecule has 0 atom stereocenters. The number of hydrogen-bond donors (Lipinski definition) is 2. The molecule has 2 aromatic rings. The molecule has 0 radical (unpaired) electrons. The van der Waals surface area contributed by atoms with Crippen molar-refractivity contribution in [3.63, 3.8) is 0 Å². The van der Waals surface area contributed by atoms with Crippen LogP contribution >= 0.6 is 0 Å². The van der Waals surface area contributed by atoms with E-state index in [9.17, 15) is 9.90 Å². The van der Waals surface area contributed by atoms with Crippen molar-refractivity contribution in [1.29, 1.82) is 0 Å². The van der Waals surface area contributed by atoms with Crippen LogP contribution in [-0.2, 0) is 0 Å². The fourth-order valence-electron chi connectivity index (χ4n) is 1.25. The molecule has 2 rings (SSSR count). The number of aromatic carboxylic acids is 1. The molecule has 0 spiro atoms. The Balaban J connectivity index is 2.66. The molecular formula is C9H7N3O3. The normalized spacial score (nSPS) is 10.1. The van der Waals surface area contributed by atoms with E-state index in [-0.39, 0.29) is 17.0 Å². The van der Waals surface area contributed by atoms with Crippen molar-refractivity contribution in [3.05, 3.63) is 36.2 Å². The predicted octanol–water partition coefficient (Wildman–Crippen LogP) is 0.671. The summed E-state index contributed by atoms with van der Waals surface area (Å²) in [6.07, 6.45) is 2.85. The first kappa shape index (κ1) is 9.20. The van der Waals surface area contributed by atoms with Crippen molar-refractivity contribution in [3.8, 4) is 11.4 Å². The number of phenols is 1. The first-order valence-electron chi connectivity index (χ1n) is 4.12. The predicted molar refractivity (Wildman–Crippen MR) is 50.0 cm³/mol. The van der Waals surface area contributed by atoms with Gasteiger partial charge in [0.2, 0.25) is 0 Å². The largest absolute Gasteiger partial charge is 0.507 e. The summed E-state index contributed by atoms with van der Waals surface area (Å²) in [6.45, 7) is 0. The molecule has 0 aliphatic rings. The molecule has 6 nitrogen and oxygen atoms in total. The van der Waals surface area contributed by atoms with Crippen molar-refractivity contribution in [2.75, 3.05) is 0 Å². The van der Waals surface area contributed by atoms with Crippen molar-refractivity contribution in [1.82, 2.24) is 15.0 Å². The van der Waals surface area contributed by atoms with E-state index in [0.29, 0.717) is 0 Å². The van der Waals surface area contributed by atoms with Crippen LogP contribution in [0.4, 0.5) is 0 Å². The standard InChI is InChI=1S/C9H7N3O3/c13-7-3-1-2-6(8(7)9(14)15)12-10-4-5-11-12/h1-5,13H,(H,14,15). The van der Waals surface area contributed by atoms with Crippen molar-refractivity contribution < 1.29 is 15.0 Å². The second-order valence-electron chi connectivity index (χ2n) is 2.79. The Kier molecular flexibility index (Phi) is 2.09. The zero-order chi connectivity index (χ0) is 10.8. The van der Waals surface area contributed by atoms with E-state index in [2.05, 4.69) is 10.2 Å². The lowest BCUT2D eigenvalue weighted by atomic mass is 10.1. The van der Waals surface area contributed by atoms with Crippen LogP contribution in [0.25, 0.3) is 5.69 Å². The summed E-state index contributed by atoms with van der Waals surface area (Å²) in [6, 6.07) is 4.35. The average molecular weight is 205 g/mol. The lowest BCUT2D eigenvalue weighted by Gasteiger charge is -2.05. The summed E-state index contributed by atoms with van der Waals surface area (Å²) in [7, 11) is 0. The van der Waals surface area contributed by atoms with Gasteiger partial charge in [-0.15, -0.1) is 0 Å². The Morgan fingerprint density at radius 3 is 2.53 bits per heavy atom. The SMILES string of the molecule is O=C(O)c1c(O)cccc1-n1nccn1. The zero-order valence-electron chi connectivity index (χ0n) is 7.53. The van der Waals surface area contributed by atoms with Gasteiger partial charge >= 0.3 is 5.97 Å². The second kappa shape index (κ2) is 3.41. The summed E-state index contributed by atoms with van der Waals surface area (Å²) in [4.78, 5) is 12.1. The fraction of sp³-hybridized carbons (Fsp3) is 0. The highest BCUT2D eigenvalue weighted by molar-refractivity contribution is 5.94. The van der Waals surface area contributed by atoms with Gasteiger partial charge in [-0.25, -0.2) is 4.79 Å². The van der Waals surface area contributed by atoms with E-state index < -0.39 is 5.97 Å². The third-order valence-electron chi connectivity index (χ3n) is 1.87. The number of carboxylic acid groups (broad SMARTS) is 1. The van der Waals surface area contributed by atoms with Crippen LogP contribution in [0.15, 0.2) is 30.6 Å². The maximum Gasteiger partial charge on any atom is 0.341 e. The first-order chi connectivity index (χ1) is 7.20. The minimum Gasteiger partial charge on any atom is -0.507 e. The molecule has 2 N–H and O–H groups in total. The van der Waals surface area contributed by atoms with Crippen LogP contribution < -0.4 is 0 Å². The summed E-state index contributed by atoms with van der Waals surface area (Å²) >= 11 is 0. The molecule has 1 aromatic heterocycles. The molecule has 0 amide bonds. The number of hydrogen-bond acceptors (Lipinski definition) is 4. The molecule has 0 aliphatic heterocycles. The van der Waals surface area contributed by atoms with Gasteiger partial charge in [0, 0.05) is 0 Å². The summed E-state index contributed by atoms with van der Waals surface area (Å²) in [5.74, 6) is -1.53. The third-order valence-corrected chi connectivity index (χ3v) is 1.87. The monoisotopic (exact) mass is 205 g/mol. The Hall–Kier alpha value is -2.37. The summed E-state index contributed by atoms with van der Waals surface area (Å²) in [5, 5.41) is 25.9. The highest BCUT2D eigenvalue weighted by atomic mass is 16.4. The van der Waals surface area contributed by atoms with Crippen molar-refractivity contribution in [2.24, 2.45) is 0 Å². The van der Waals surface area contributed by atoms with Crippen LogP contribution in [0.5, 0.6) is 5.75 Å². The number of benzene rings is 1. The van der Waals surface area contributed by atoms with E-state index >= 15 is 0 Å².